The first-order chi connectivity index (χ1) is 22.7. The maximum absolute atomic E-state index is 13.7. The number of methoxy groups -OCH3 is 1. The van der Waals surface area contributed by atoms with E-state index in [0.717, 1.165) is 0 Å². The van der Waals surface area contributed by atoms with Crippen molar-refractivity contribution in [3.05, 3.63) is 35.8 Å². The highest BCUT2D eigenvalue weighted by atomic mass is 16.7. The molecule has 0 amide bonds. The number of cyclic esters (lactones) is 1. The van der Waals surface area contributed by atoms with Crippen molar-refractivity contribution in [3.63, 3.8) is 0 Å². The van der Waals surface area contributed by atoms with Gasteiger partial charge in [-0.3, -0.25) is 9.59 Å². The molecular formula is C32H42O16. The van der Waals surface area contributed by atoms with Crippen molar-refractivity contribution in [2.75, 3.05) is 20.3 Å². The van der Waals surface area contributed by atoms with Crippen LogP contribution < -0.4 is 0 Å². The molecular weight excluding hydrogens is 640 g/mol. The molecule has 2 aliphatic carbocycles. The molecule has 0 unspecified atom stereocenters. The number of furan rings is 1. The largest absolute Gasteiger partial charge is 0.472 e. The smallest absolute Gasteiger partial charge is 0.334 e. The Kier molecular flexibility index (Phi) is 9.62. The number of rotatable bonds is 7. The number of esters is 2. The number of ether oxygens (including phenoxy) is 6. The lowest BCUT2D eigenvalue weighted by Crippen LogP contribution is -2.65. The van der Waals surface area contributed by atoms with Crippen molar-refractivity contribution < 1.29 is 77.9 Å². The zero-order valence-electron chi connectivity index (χ0n) is 26.6. The van der Waals surface area contributed by atoms with E-state index < -0.39 is 109 Å². The Labute approximate surface area is 275 Å². The molecule has 0 radical (unpaired) electrons. The van der Waals surface area contributed by atoms with E-state index in [4.69, 9.17) is 32.8 Å². The highest BCUT2D eigenvalue weighted by Crippen LogP contribution is 2.65. The van der Waals surface area contributed by atoms with Crippen LogP contribution in [-0.4, -0.2) is 130 Å². The SMILES string of the molecule is COC(=O)C1=CC(=O)C[C@H]2[C@]3(C)C[C@@H](c4ccoc4)OC(=O)[C@H]3C[C@@H](O[C@@H]3O[C@H](CO[C@@H]4OC[C@@H](O)[C@H](O)[C@H]4O)[C@@H](O)[C@H](O)[C@H]3O)[C@@]12C. The van der Waals surface area contributed by atoms with Gasteiger partial charge < -0.3 is 63.5 Å². The standard InChI is InChI=1S/C32H42O16/c1-31-9-18(13-4-5-43-10-13)46-28(41)15(31)8-21(32(2)16(27(40)42-3)6-14(33)7-20(31)32)48-30-26(39)24(37)23(36)19(47-30)12-45-29-25(38)22(35)17(34)11-44-29/h4-6,10,15,17-26,29-30,34-39H,7-9,11-12H2,1-3H3/t15-,17-,18+,19-,20+,21-,22+,23-,24+,25-,26-,29+,30+,31-,32+/m1/s1. The van der Waals surface area contributed by atoms with Gasteiger partial charge in [-0.25, -0.2) is 4.79 Å². The molecule has 16 nitrogen and oxygen atoms in total. The monoisotopic (exact) mass is 682 g/mol. The zero-order chi connectivity index (χ0) is 34.7. The summed E-state index contributed by atoms with van der Waals surface area (Å²) in [7, 11) is 1.18. The molecule has 3 aliphatic heterocycles. The lowest BCUT2D eigenvalue weighted by molar-refractivity contribution is -0.339. The van der Waals surface area contributed by atoms with Gasteiger partial charge in [-0.2, -0.15) is 0 Å². The van der Waals surface area contributed by atoms with Gasteiger partial charge >= 0.3 is 11.9 Å². The van der Waals surface area contributed by atoms with E-state index in [2.05, 4.69) is 0 Å². The third kappa shape index (κ3) is 5.81. The molecule has 266 valence electrons. The summed E-state index contributed by atoms with van der Waals surface area (Å²) in [6.45, 7) is 2.77. The summed E-state index contributed by atoms with van der Waals surface area (Å²) in [4.78, 5) is 40.1. The van der Waals surface area contributed by atoms with E-state index in [-0.39, 0.29) is 30.8 Å². The van der Waals surface area contributed by atoms with Crippen LogP contribution in [0.1, 0.15) is 44.8 Å². The lowest BCUT2D eigenvalue weighted by atomic mass is 9.44. The van der Waals surface area contributed by atoms with Crippen molar-refractivity contribution >= 4 is 17.7 Å². The van der Waals surface area contributed by atoms with Gasteiger partial charge in [0.25, 0.3) is 0 Å². The van der Waals surface area contributed by atoms with Crippen molar-refractivity contribution in [1.29, 1.82) is 0 Å². The van der Waals surface area contributed by atoms with Crippen LogP contribution in [0.2, 0.25) is 0 Å². The summed E-state index contributed by atoms with van der Waals surface area (Å²) >= 11 is 0. The summed E-state index contributed by atoms with van der Waals surface area (Å²) in [6, 6.07) is 1.69. The Morgan fingerprint density at radius 3 is 2.42 bits per heavy atom. The van der Waals surface area contributed by atoms with Gasteiger partial charge in [0.15, 0.2) is 18.4 Å². The topological polar surface area (TPSA) is 241 Å². The Balaban J connectivity index is 1.29. The highest BCUT2D eigenvalue weighted by Gasteiger charge is 2.67. The van der Waals surface area contributed by atoms with E-state index in [9.17, 15) is 45.0 Å². The average Bonchev–Trinajstić information content (AvgIpc) is 3.60. The molecule has 1 aromatic rings. The first-order valence-electron chi connectivity index (χ1n) is 15.9. The number of ketones is 1. The average molecular weight is 683 g/mol. The normalized spacial score (nSPS) is 46.2. The predicted octanol–water partition coefficient (Wildman–Crippen LogP) is -1.36. The van der Waals surface area contributed by atoms with Crippen molar-refractivity contribution in [1.82, 2.24) is 0 Å². The van der Waals surface area contributed by atoms with E-state index in [1.54, 1.807) is 13.0 Å². The van der Waals surface area contributed by atoms with Gasteiger partial charge in [-0.05, 0) is 36.3 Å². The maximum Gasteiger partial charge on any atom is 0.334 e. The molecule has 3 saturated heterocycles. The van der Waals surface area contributed by atoms with Gasteiger partial charge in [-0.15, -0.1) is 0 Å². The number of fused-ring (bicyclic) bond motifs is 3. The lowest BCUT2D eigenvalue weighted by Gasteiger charge is -2.62. The predicted molar refractivity (Wildman–Crippen MR) is 155 cm³/mol. The molecule has 1 saturated carbocycles. The fraction of sp³-hybridized carbons (Fsp3) is 0.719. The number of aliphatic hydroxyl groups excluding tert-OH is 6. The molecule has 5 aliphatic rings. The zero-order valence-corrected chi connectivity index (χ0v) is 26.6. The highest BCUT2D eigenvalue weighted by molar-refractivity contribution is 6.02. The number of carbonyl (C=O) groups excluding carboxylic acids is 3. The molecule has 16 heteroatoms. The van der Waals surface area contributed by atoms with Crippen LogP contribution in [-0.2, 0) is 42.8 Å². The fourth-order valence-corrected chi connectivity index (χ4v) is 8.25. The quantitative estimate of drug-likeness (QED) is 0.182. The summed E-state index contributed by atoms with van der Waals surface area (Å²) in [6.07, 6.45) is -11.6. The van der Waals surface area contributed by atoms with Crippen LogP contribution in [0.25, 0.3) is 0 Å². The molecule has 0 aromatic carbocycles. The molecule has 1 aromatic heterocycles. The molecule has 6 rings (SSSR count). The summed E-state index contributed by atoms with van der Waals surface area (Å²) in [5, 5.41) is 62.4. The van der Waals surface area contributed by atoms with E-state index in [1.807, 2.05) is 6.92 Å². The van der Waals surface area contributed by atoms with Gasteiger partial charge in [0.1, 0.15) is 48.8 Å². The Hall–Kier alpha value is -2.77. The van der Waals surface area contributed by atoms with Crippen LogP contribution in [0, 0.1) is 22.7 Å². The van der Waals surface area contributed by atoms with E-state index >= 15 is 0 Å². The van der Waals surface area contributed by atoms with Gasteiger partial charge in [0.05, 0.1) is 44.9 Å². The summed E-state index contributed by atoms with van der Waals surface area (Å²) in [5.41, 5.74) is -1.50. The summed E-state index contributed by atoms with van der Waals surface area (Å²) in [5.74, 6) is -3.13. The molecule has 0 bridgehead atoms. The maximum atomic E-state index is 13.7. The third-order valence-electron chi connectivity index (χ3n) is 11.1. The first kappa shape index (κ1) is 35.1. The van der Waals surface area contributed by atoms with Crippen molar-refractivity contribution in [2.24, 2.45) is 22.7 Å². The Morgan fingerprint density at radius 1 is 1.00 bits per heavy atom. The minimum Gasteiger partial charge on any atom is -0.472 e. The second-order valence-corrected chi connectivity index (χ2v) is 13.8. The van der Waals surface area contributed by atoms with Gasteiger partial charge in [0, 0.05) is 23.0 Å². The molecule has 4 heterocycles. The summed E-state index contributed by atoms with van der Waals surface area (Å²) < 4.78 is 39.2. The molecule has 0 spiro atoms. The van der Waals surface area contributed by atoms with Gasteiger partial charge in [-0.1, -0.05) is 13.8 Å². The third-order valence-corrected chi connectivity index (χ3v) is 11.1. The number of hydrogen-bond donors (Lipinski definition) is 6. The molecule has 48 heavy (non-hydrogen) atoms. The minimum absolute atomic E-state index is 0.0182. The van der Waals surface area contributed by atoms with Crippen molar-refractivity contribution in [2.45, 2.75) is 101 Å². The number of hydrogen-bond acceptors (Lipinski definition) is 16. The molecule has 6 N–H and O–H groups in total. The van der Waals surface area contributed by atoms with Crippen LogP contribution in [0.4, 0.5) is 0 Å². The van der Waals surface area contributed by atoms with E-state index in [1.165, 1.54) is 25.7 Å². The molecule has 4 fully saturated rings. The number of carbonyl (C=O) groups is 3. The van der Waals surface area contributed by atoms with Crippen LogP contribution >= 0.6 is 0 Å². The number of allylic oxidation sites excluding steroid dienone is 1. The van der Waals surface area contributed by atoms with E-state index in [0.29, 0.717) is 12.0 Å². The number of aliphatic hydroxyl groups is 6. The van der Waals surface area contributed by atoms with Crippen LogP contribution in [0.15, 0.2) is 34.7 Å². The van der Waals surface area contributed by atoms with Crippen LogP contribution in [0.5, 0.6) is 0 Å². The Morgan fingerprint density at radius 2 is 1.73 bits per heavy atom. The van der Waals surface area contributed by atoms with Crippen LogP contribution in [0.3, 0.4) is 0 Å². The second-order valence-electron chi connectivity index (χ2n) is 13.8. The molecule has 15 atom stereocenters. The first-order valence-corrected chi connectivity index (χ1v) is 15.9. The Bertz CT molecular complexity index is 1400. The fourth-order valence-electron chi connectivity index (χ4n) is 8.25. The van der Waals surface area contributed by atoms with Gasteiger partial charge in [0.2, 0.25) is 0 Å². The van der Waals surface area contributed by atoms with Crippen molar-refractivity contribution in [3.8, 4) is 0 Å². The second kappa shape index (κ2) is 13.2. The minimum atomic E-state index is -1.81.